The van der Waals surface area contributed by atoms with Gasteiger partial charge in [-0.3, -0.25) is 4.68 Å². The molecule has 1 unspecified atom stereocenters. The van der Waals surface area contributed by atoms with Gasteiger partial charge in [-0.15, -0.1) is 0 Å². The van der Waals surface area contributed by atoms with Crippen molar-refractivity contribution in [2.24, 2.45) is 0 Å². The molecule has 1 atom stereocenters. The maximum atomic E-state index is 4.67. The molecule has 0 saturated carbocycles. The number of nitrogens with zero attached hydrogens (tertiary/aromatic N) is 3. The monoisotopic (exact) mass is 270 g/mol. The highest BCUT2D eigenvalue weighted by molar-refractivity contribution is 5.14. The van der Waals surface area contributed by atoms with Gasteiger partial charge in [0.25, 0.3) is 0 Å². The second kappa shape index (κ2) is 6.18. The van der Waals surface area contributed by atoms with Crippen LogP contribution in [0, 0.1) is 6.92 Å². The van der Waals surface area contributed by atoms with E-state index in [1.165, 1.54) is 12.0 Å². The lowest BCUT2D eigenvalue weighted by Crippen LogP contribution is -2.14. The Morgan fingerprint density at radius 2 is 2.15 bits per heavy atom. The largest absolute Gasteiger partial charge is 0.307 e. The second-order valence-corrected chi connectivity index (χ2v) is 5.48. The molecule has 0 bridgehead atoms. The standard InChI is InChI=1S/C16H22N4/c1-13-18-16(15-10-5-11-17-15)19-20(13)12-6-9-14-7-3-2-4-8-14/h2-4,7-8,15,17H,5-6,9-12H2,1H3. The maximum Gasteiger partial charge on any atom is 0.167 e. The van der Waals surface area contributed by atoms with Gasteiger partial charge in [0.05, 0.1) is 6.04 Å². The quantitative estimate of drug-likeness (QED) is 0.908. The molecule has 2 aromatic rings. The molecule has 20 heavy (non-hydrogen) atoms. The summed E-state index contributed by atoms with van der Waals surface area (Å²) in [5.74, 6) is 2.00. The molecular weight excluding hydrogens is 248 g/mol. The Hall–Kier alpha value is -1.68. The fourth-order valence-electron chi connectivity index (χ4n) is 2.78. The van der Waals surface area contributed by atoms with E-state index in [4.69, 9.17) is 0 Å². The van der Waals surface area contributed by atoms with E-state index >= 15 is 0 Å². The van der Waals surface area contributed by atoms with Gasteiger partial charge in [0.15, 0.2) is 5.82 Å². The SMILES string of the molecule is Cc1nc(C2CCCN2)nn1CCCc1ccccc1. The normalized spacial score (nSPS) is 18.6. The Balaban J connectivity index is 1.57. The lowest BCUT2D eigenvalue weighted by molar-refractivity contribution is 0.539. The van der Waals surface area contributed by atoms with Crippen molar-refractivity contribution in [2.75, 3.05) is 6.54 Å². The topological polar surface area (TPSA) is 42.7 Å². The van der Waals surface area contributed by atoms with Crippen molar-refractivity contribution in [3.8, 4) is 0 Å². The van der Waals surface area contributed by atoms with Crippen molar-refractivity contribution in [2.45, 2.75) is 45.2 Å². The highest BCUT2D eigenvalue weighted by Gasteiger charge is 2.21. The average Bonchev–Trinajstić information content (AvgIpc) is 3.10. The zero-order valence-electron chi connectivity index (χ0n) is 12.0. The van der Waals surface area contributed by atoms with Crippen LogP contribution in [-0.4, -0.2) is 21.3 Å². The molecule has 0 amide bonds. The van der Waals surface area contributed by atoms with Crippen molar-refractivity contribution in [3.05, 3.63) is 47.5 Å². The van der Waals surface area contributed by atoms with E-state index in [1.807, 2.05) is 6.92 Å². The molecule has 1 saturated heterocycles. The van der Waals surface area contributed by atoms with Crippen LogP contribution in [0.1, 0.15) is 42.5 Å². The van der Waals surface area contributed by atoms with Gasteiger partial charge in [0, 0.05) is 6.54 Å². The van der Waals surface area contributed by atoms with Crippen LogP contribution in [-0.2, 0) is 13.0 Å². The lowest BCUT2D eigenvalue weighted by Gasteiger charge is -2.05. The summed E-state index contributed by atoms with van der Waals surface area (Å²) in [7, 11) is 0. The number of benzene rings is 1. The van der Waals surface area contributed by atoms with Gasteiger partial charge >= 0.3 is 0 Å². The van der Waals surface area contributed by atoms with Gasteiger partial charge in [-0.05, 0) is 44.7 Å². The van der Waals surface area contributed by atoms with E-state index in [9.17, 15) is 0 Å². The van der Waals surface area contributed by atoms with Crippen LogP contribution >= 0.6 is 0 Å². The summed E-state index contributed by atoms with van der Waals surface area (Å²) in [6.07, 6.45) is 4.59. The molecule has 4 heteroatoms. The van der Waals surface area contributed by atoms with Gasteiger partial charge in [0.1, 0.15) is 5.82 Å². The van der Waals surface area contributed by atoms with Crippen LogP contribution in [0.25, 0.3) is 0 Å². The molecule has 106 valence electrons. The summed E-state index contributed by atoms with van der Waals surface area (Å²) in [6.45, 7) is 4.08. The second-order valence-electron chi connectivity index (χ2n) is 5.48. The van der Waals surface area contributed by atoms with Crippen molar-refractivity contribution in [3.63, 3.8) is 0 Å². The Bertz CT molecular complexity index is 541. The predicted octanol–water partition coefficient (Wildman–Crippen LogP) is 2.64. The van der Waals surface area contributed by atoms with Crippen molar-refractivity contribution in [1.29, 1.82) is 0 Å². The van der Waals surface area contributed by atoms with E-state index in [2.05, 4.69) is 50.4 Å². The maximum absolute atomic E-state index is 4.67. The van der Waals surface area contributed by atoms with E-state index in [0.29, 0.717) is 6.04 Å². The molecule has 1 aromatic carbocycles. The zero-order chi connectivity index (χ0) is 13.8. The van der Waals surface area contributed by atoms with Gasteiger partial charge in [-0.1, -0.05) is 30.3 Å². The van der Waals surface area contributed by atoms with Gasteiger partial charge < -0.3 is 5.32 Å². The molecule has 1 N–H and O–H groups in total. The fourth-order valence-corrected chi connectivity index (χ4v) is 2.78. The van der Waals surface area contributed by atoms with Gasteiger partial charge in [0.2, 0.25) is 0 Å². The lowest BCUT2D eigenvalue weighted by atomic mass is 10.1. The highest BCUT2D eigenvalue weighted by Crippen LogP contribution is 2.20. The molecule has 0 spiro atoms. The molecule has 3 rings (SSSR count). The van der Waals surface area contributed by atoms with Crippen molar-refractivity contribution in [1.82, 2.24) is 20.1 Å². The summed E-state index contributed by atoms with van der Waals surface area (Å²) in [5.41, 5.74) is 1.39. The summed E-state index contributed by atoms with van der Waals surface area (Å²) < 4.78 is 2.05. The number of hydrogen-bond donors (Lipinski definition) is 1. The number of nitrogens with one attached hydrogen (secondary N) is 1. The smallest absolute Gasteiger partial charge is 0.167 e. The molecule has 1 fully saturated rings. The van der Waals surface area contributed by atoms with E-state index in [-0.39, 0.29) is 0 Å². The minimum absolute atomic E-state index is 0.365. The van der Waals surface area contributed by atoms with Crippen LogP contribution in [0.15, 0.2) is 30.3 Å². The Morgan fingerprint density at radius 3 is 2.90 bits per heavy atom. The summed E-state index contributed by atoms with van der Waals surface area (Å²) in [5, 5.41) is 8.12. The van der Waals surface area contributed by atoms with Crippen LogP contribution in [0.5, 0.6) is 0 Å². The third-order valence-corrected chi connectivity index (χ3v) is 3.92. The molecule has 0 aliphatic carbocycles. The highest BCUT2D eigenvalue weighted by atomic mass is 15.4. The first-order valence-electron chi connectivity index (χ1n) is 7.51. The summed E-state index contributed by atoms with van der Waals surface area (Å²) in [4.78, 5) is 4.61. The van der Waals surface area contributed by atoms with Crippen molar-refractivity contribution >= 4 is 0 Å². The molecule has 1 aromatic heterocycles. The minimum Gasteiger partial charge on any atom is -0.307 e. The van der Waals surface area contributed by atoms with Crippen LogP contribution in [0.3, 0.4) is 0 Å². The Labute approximate surface area is 120 Å². The summed E-state index contributed by atoms with van der Waals surface area (Å²) in [6, 6.07) is 11.0. The van der Waals surface area contributed by atoms with Gasteiger partial charge in [-0.2, -0.15) is 5.10 Å². The van der Waals surface area contributed by atoms with E-state index in [1.54, 1.807) is 0 Å². The number of aryl methyl sites for hydroxylation is 3. The van der Waals surface area contributed by atoms with E-state index in [0.717, 1.165) is 44.0 Å². The first kappa shape index (κ1) is 13.3. The molecule has 1 aliphatic rings. The fraction of sp³-hybridized carbons (Fsp3) is 0.500. The molecule has 2 heterocycles. The Kier molecular flexibility index (Phi) is 4.11. The zero-order valence-corrected chi connectivity index (χ0v) is 12.0. The number of rotatable bonds is 5. The minimum atomic E-state index is 0.365. The number of hydrogen-bond acceptors (Lipinski definition) is 3. The molecule has 0 radical (unpaired) electrons. The van der Waals surface area contributed by atoms with Crippen molar-refractivity contribution < 1.29 is 0 Å². The molecule has 1 aliphatic heterocycles. The van der Waals surface area contributed by atoms with Crippen LogP contribution in [0.2, 0.25) is 0 Å². The van der Waals surface area contributed by atoms with Crippen LogP contribution in [0.4, 0.5) is 0 Å². The first-order valence-corrected chi connectivity index (χ1v) is 7.51. The predicted molar refractivity (Wildman–Crippen MR) is 79.5 cm³/mol. The average molecular weight is 270 g/mol. The third kappa shape index (κ3) is 3.07. The third-order valence-electron chi connectivity index (χ3n) is 3.92. The number of aromatic nitrogens is 3. The molecule has 4 nitrogen and oxygen atoms in total. The van der Waals surface area contributed by atoms with Gasteiger partial charge in [-0.25, -0.2) is 4.98 Å². The van der Waals surface area contributed by atoms with Crippen LogP contribution < -0.4 is 5.32 Å². The molecular formula is C16H22N4. The Morgan fingerprint density at radius 1 is 1.30 bits per heavy atom. The van der Waals surface area contributed by atoms with E-state index < -0.39 is 0 Å². The first-order chi connectivity index (χ1) is 9.83. The summed E-state index contributed by atoms with van der Waals surface area (Å²) >= 11 is 0.